The van der Waals surface area contributed by atoms with E-state index in [4.69, 9.17) is 19.9 Å². The topological polar surface area (TPSA) is 53.7 Å². The maximum absolute atomic E-state index is 5.63. The highest BCUT2D eigenvalue weighted by molar-refractivity contribution is 5.33. The molecule has 0 saturated carbocycles. The minimum Gasteiger partial charge on any atom is -0.494 e. The average Bonchev–Trinajstić information content (AvgIpc) is 2.53. The van der Waals surface area contributed by atoms with Gasteiger partial charge in [-0.05, 0) is 36.8 Å². The van der Waals surface area contributed by atoms with E-state index in [9.17, 15) is 0 Å². The molecule has 21 heavy (non-hydrogen) atoms. The summed E-state index contributed by atoms with van der Waals surface area (Å²) in [6.07, 6.45) is 0. The summed E-state index contributed by atoms with van der Waals surface area (Å²) in [5.74, 6) is 2.41. The molecule has 0 spiro atoms. The van der Waals surface area contributed by atoms with Crippen LogP contribution in [0.5, 0.6) is 17.2 Å². The van der Waals surface area contributed by atoms with Crippen LogP contribution in [0.2, 0.25) is 0 Å². The quantitative estimate of drug-likeness (QED) is 0.758. The summed E-state index contributed by atoms with van der Waals surface area (Å²) in [6.45, 7) is 4.11. The zero-order chi connectivity index (χ0) is 14.9. The number of nitrogens with two attached hydrogens (primary N) is 1. The molecule has 0 heterocycles. The van der Waals surface area contributed by atoms with Gasteiger partial charge in [-0.2, -0.15) is 0 Å². The fraction of sp³-hybridized carbons (Fsp3) is 0.294. The molecule has 2 aromatic carbocycles. The molecule has 2 aromatic rings. The van der Waals surface area contributed by atoms with Gasteiger partial charge in [-0.25, -0.2) is 0 Å². The Hall–Kier alpha value is -2.20. The molecule has 0 aliphatic carbocycles. The van der Waals surface area contributed by atoms with Crippen molar-refractivity contribution in [3.8, 4) is 17.2 Å². The van der Waals surface area contributed by atoms with Crippen molar-refractivity contribution in [3.63, 3.8) is 0 Å². The van der Waals surface area contributed by atoms with Gasteiger partial charge in [0.15, 0.2) is 0 Å². The highest BCUT2D eigenvalue weighted by Gasteiger charge is 1.98. The van der Waals surface area contributed by atoms with E-state index in [1.54, 1.807) is 0 Å². The fourth-order valence-corrected chi connectivity index (χ4v) is 1.86. The molecule has 0 unspecified atom stereocenters. The van der Waals surface area contributed by atoms with Crippen LogP contribution in [0.3, 0.4) is 0 Å². The van der Waals surface area contributed by atoms with E-state index in [0.29, 0.717) is 26.4 Å². The molecule has 0 aliphatic rings. The van der Waals surface area contributed by atoms with Crippen LogP contribution >= 0.6 is 0 Å². The zero-order valence-electron chi connectivity index (χ0n) is 12.2. The van der Waals surface area contributed by atoms with E-state index in [2.05, 4.69) is 0 Å². The monoisotopic (exact) mass is 287 g/mol. The van der Waals surface area contributed by atoms with Crippen LogP contribution in [0.1, 0.15) is 12.5 Å². The maximum Gasteiger partial charge on any atom is 0.123 e. The Morgan fingerprint density at radius 2 is 1.43 bits per heavy atom. The van der Waals surface area contributed by atoms with Gasteiger partial charge in [-0.15, -0.1) is 0 Å². The first-order valence-corrected chi connectivity index (χ1v) is 7.09. The third-order valence-corrected chi connectivity index (χ3v) is 2.90. The molecule has 2 rings (SSSR count). The number of rotatable bonds is 8. The lowest BCUT2D eigenvalue weighted by Crippen LogP contribution is -2.09. The molecule has 112 valence electrons. The third-order valence-electron chi connectivity index (χ3n) is 2.90. The van der Waals surface area contributed by atoms with Crippen molar-refractivity contribution in [2.45, 2.75) is 13.5 Å². The SMILES string of the molecule is CCOc1cccc(OCCOc2ccc(CN)cc2)c1. The molecule has 4 nitrogen and oxygen atoms in total. The van der Waals surface area contributed by atoms with E-state index >= 15 is 0 Å². The molecular formula is C17H21NO3. The maximum atomic E-state index is 5.63. The number of benzene rings is 2. The summed E-state index contributed by atoms with van der Waals surface area (Å²) in [5, 5.41) is 0. The van der Waals surface area contributed by atoms with Gasteiger partial charge in [0.2, 0.25) is 0 Å². The van der Waals surface area contributed by atoms with Crippen molar-refractivity contribution in [2.24, 2.45) is 5.73 Å². The predicted octanol–water partition coefficient (Wildman–Crippen LogP) is 3.00. The van der Waals surface area contributed by atoms with Crippen LogP contribution in [0.15, 0.2) is 48.5 Å². The fourth-order valence-electron chi connectivity index (χ4n) is 1.86. The van der Waals surface area contributed by atoms with Gasteiger partial charge in [0.25, 0.3) is 0 Å². The Balaban J connectivity index is 1.74. The van der Waals surface area contributed by atoms with Gasteiger partial charge < -0.3 is 19.9 Å². The van der Waals surface area contributed by atoms with Gasteiger partial charge in [-0.3, -0.25) is 0 Å². The van der Waals surface area contributed by atoms with Crippen LogP contribution < -0.4 is 19.9 Å². The van der Waals surface area contributed by atoms with E-state index in [1.165, 1.54) is 0 Å². The molecule has 0 aromatic heterocycles. The van der Waals surface area contributed by atoms with Crippen LogP contribution in [-0.2, 0) is 6.54 Å². The van der Waals surface area contributed by atoms with Crippen molar-refractivity contribution in [3.05, 3.63) is 54.1 Å². The molecule has 0 radical (unpaired) electrons. The highest BCUT2D eigenvalue weighted by atomic mass is 16.5. The number of hydrogen-bond acceptors (Lipinski definition) is 4. The standard InChI is InChI=1S/C17H21NO3/c1-2-19-16-4-3-5-17(12-16)21-11-10-20-15-8-6-14(13-18)7-9-15/h3-9,12H,2,10-11,13,18H2,1H3. The second-order valence-electron chi connectivity index (χ2n) is 4.45. The smallest absolute Gasteiger partial charge is 0.123 e. The lowest BCUT2D eigenvalue weighted by molar-refractivity contribution is 0.216. The van der Waals surface area contributed by atoms with Crippen molar-refractivity contribution in [1.82, 2.24) is 0 Å². The van der Waals surface area contributed by atoms with Crippen molar-refractivity contribution < 1.29 is 14.2 Å². The third kappa shape index (κ3) is 5.00. The van der Waals surface area contributed by atoms with Gasteiger partial charge in [0.05, 0.1) is 6.61 Å². The van der Waals surface area contributed by atoms with Gasteiger partial charge in [-0.1, -0.05) is 18.2 Å². The predicted molar refractivity (Wildman–Crippen MR) is 82.9 cm³/mol. The average molecular weight is 287 g/mol. The Kier molecular flexibility index (Phi) is 5.91. The first kappa shape index (κ1) is 15.2. The lowest BCUT2D eigenvalue weighted by Gasteiger charge is -2.10. The second-order valence-corrected chi connectivity index (χ2v) is 4.45. The normalized spacial score (nSPS) is 10.2. The number of ether oxygens (including phenoxy) is 3. The Bertz CT molecular complexity index is 540. The van der Waals surface area contributed by atoms with Gasteiger partial charge in [0.1, 0.15) is 30.5 Å². The van der Waals surface area contributed by atoms with E-state index in [-0.39, 0.29) is 0 Å². The molecule has 0 fully saturated rings. The van der Waals surface area contributed by atoms with E-state index in [0.717, 1.165) is 22.8 Å². The van der Waals surface area contributed by atoms with E-state index in [1.807, 2.05) is 55.5 Å². The van der Waals surface area contributed by atoms with Crippen molar-refractivity contribution >= 4 is 0 Å². The van der Waals surface area contributed by atoms with Crippen molar-refractivity contribution in [1.29, 1.82) is 0 Å². The van der Waals surface area contributed by atoms with E-state index < -0.39 is 0 Å². The number of hydrogen-bond donors (Lipinski definition) is 1. The zero-order valence-corrected chi connectivity index (χ0v) is 12.2. The molecular weight excluding hydrogens is 266 g/mol. The molecule has 0 aliphatic heterocycles. The minimum atomic E-state index is 0.480. The molecule has 0 amide bonds. The summed E-state index contributed by atoms with van der Waals surface area (Å²) in [5.41, 5.74) is 6.64. The lowest BCUT2D eigenvalue weighted by atomic mass is 10.2. The second kappa shape index (κ2) is 8.17. The van der Waals surface area contributed by atoms with Crippen LogP contribution in [0.25, 0.3) is 0 Å². The summed E-state index contributed by atoms with van der Waals surface area (Å²) in [6, 6.07) is 15.3. The molecule has 0 atom stereocenters. The summed E-state index contributed by atoms with van der Waals surface area (Å²) in [7, 11) is 0. The Labute approximate surface area is 125 Å². The molecule has 4 heteroatoms. The van der Waals surface area contributed by atoms with Crippen molar-refractivity contribution in [2.75, 3.05) is 19.8 Å². The molecule has 0 saturated heterocycles. The van der Waals surface area contributed by atoms with Crippen LogP contribution in [-0.4, -0.2) is 19.8 Å². The Morgan fingerprint density at radius 1 is 0.810 bits per heavy atom. The summed E-state index contributed by atoms with van der Waals surface area (Å²) < 4.78 is 16.7. The highest BCUT2D eigenvalue weighted by Crippen LogP contribution is 2.19. The summed E-state index contributed by atoms with van der Waals surface area (Å²) >= 11 is 0. The largest absolute Gasteiger partial charge is 0.494 e. The molecule has 0 bridgehead atoms. The summed E-state index contributed by atoms with van der Waals surface area (Å²) in [4.78, 5) is 0. The Morgan fingerprint density at radius 3 is 2.05 bits per heavy atom. The molecule has 2 N–H and O–H groups in total. The van der Waals surface area contributed by atoms with Crippen LogP contribution in [0.4, 0.5) is 0 Å². The minimum absolute atomic E-state index is 0.480. The first-order valence-electron chi connectivity index (χ1n) is 7.09. The first-order chi connectivity index (χ1) is 10.3. The van der Waals surface area contributed by atoms with Crippen LogP contribution in [0, 0.1) is 0 Å². The van der Waals surface area contributed by atoms with Gasteiger partial charge >= 0.3 is 0 Å². The van der Waals surface area contributed by atoms with Gasteiger partial charge in [0, 0.05) is 12.6 Å².